The number of β-amino-alcohol motifs (C(OH)–C–C–N with tert-alkyl or cyclic N) is 1. The van der Waals surface area contributed by atoms with E-state index in [1.807, 2.05) is 30.5 Å². The average molecular weight is 545 g/mol. The Bertz CT molecular complexity index is 969. The van der Waals surface area contributed by atoms with Crippen molar-refractivity contribution in [3.05, 3.63) is 35.9 Å². The number of thioether (sulfide) groups is 1. The predicted octanol–water partition coefficient (Wildman–Crippen LogP) is 3.17. The molecule has 1 amide bonds. The Hall–Kier alpha value is -1.16. The van der Waals surface area contributed by atoms with Gasteiger partial charge in [-0.2, -0.15) is 11.8 Å². The highest BCUT2D eigenvalue weighted by Gasteiger charge is 2.57. The molecule has 2 aliphatic carbocycles. The maximum Gasteiger partial charge on any atom is 0.229 e. The van der Waals surface area contributed by atoms with Crippen LogP contribution in [0, 0.1) is 5.41 Å². The third kappa shape index (κ3) is 5.17. The molecule has 5 rings (SSSR count). The van der Waals surface area contributed by atoms with Crippen LogP contribution >= 0.6 is 11.8 Å². The number of benzene rings is 1. The summed E-state index contributed by atoms with van der Waals surface area (Å²) in [6, 6.07) is 10.8. The van der Waals surface area contributed by atoms with E-state index in [0.29, 0.717) is 13.1 Å². The second kappa shape index (κ2) is 10.7. The lowest BCUT2D eigenvalue weighted by atomic mass is 9.67. The first kappa shape index (κ1) is 28.4. The van der Waals surface area contributed by atoms with Crippen molar-refractivity contribution >= 4 is 17.7 Å². The Balaban J connectivity index is 1.38. The number of hydrogen-bond donors (Lipinski definition) is 2. The summed E-state index contributed by atoms with van der Waals surface area (Å²) in [6.07, 6.45) is 5.74. The van der Waals surface area contributed by atoms with Crippen molar-refractivity contribution in [3.8, 4) is 0 Å². The zero-order valence-electron chi connectivity index (χ0n) is 23.9. The maximum atomic E-state index is 13.5. The Morgan fingerprint density at radius 3 is 2.24 bits per heavy atom. The van der Waals surface area contributed by atoms with Gasteiger partial charge in [0.2, 0.25) is 5.91 Å². The first-order chi connectivity index (χ1) is 18.0. The van der Waals surface area contributed by atoms with Gasteiger partial charge in [-0.25, -0.2) is 0 Å². The average Bonchev–Trinajstić information content (AvgIpc) is 3.13. The number of aliphatic hydroxyl groups is 2. The molecule has 2 N–H and O–H groups in total. The summed E-state index contributed by atoms with van der Waals surface area (Å²) in [5, 5.41) is 23.0. The van der Waals surface area contributed by atoms with Crippen molar-refractivity contribution in [2.45, 2.75) is 81.8 Å². The van der Waals surface area contributed by atoms with Gasteiger partial charge in [0.15, 0.2) is 6.35 Å². The van der Waals surface area contributed by atoms with Gasteiger partial charge in [-0.3, -0.25) is 19.5 Å². The smallest absolute Gasteiger partial charge is 0.229 e. The summed E-state index contributed by atoms with van der Waals surface area (Å²) in [6.45, 7) is 7.44. The summed E-state index contributed by atoms with van der Waals surface area (Å²) < 4.78 is 0. The molecule has 4 aliphatic rings. The van der Waals surface area contributed by atoms with Gasteiger partial charge in [-0.15, -0.1) is 0 Å². The molecule has 1 atom stereocenters. The molecule has 1 aromatic carbocycles. The van der Waals surface area contributed by atoms with E-state index in [1.165, 1.54) is 5.56 Å². The SMILES string of the molecule is CN(C)C1(c2ccccc2)CCC2(CC1)CN(CC(C)(C)C(=O)N1CCSCC1)C(O)N2CC1(O)CCC1. The number of carbonyl (C=O) groups is 1. The van der Waals surface area contributed by atoms with E-state index < -0.39 is 17.4 Å². The molecule has 1 unspecified atom stereocenters. The fourth-order valence-corrected chi connectivity index (χ4v) is 8.43. The largest absolute Gasteiger partial charge is 0.389 e. The Labute approximate surface area is 233 Å². The van der Waals surface area contributed by atoms with Crippen LogP contribution in [0.25, 0.3) is 0 Å². The molecule has 8 heteroatoms. The second-order valence-corrected chi connectivity index (χ2v) is 14.5. The normalized spacial score (nSPS) is 32.6. The lowest BCUT2D eigenvalue weighted by Gasteiger charge is -2.53. The number of hydrogen-bond acceptors (Lipinski definition) is 7. The number of rotatable bonds is 7. The summed E-state index contributed by atoms with van der Waals surface area (Å²) in [5.41, 5.74) is -0.188. The lowest BCUT2D eigenvalue weighted by molar-refractivity contribution is -0.153. The molecule has 38 heavy (non-hydrogen) atoms. The van der Waals surface area contributed by atoms with E-state index in [2.05, 4.69) is 59.1 Å². The van der Waals surface area contributed by atoms with Crippen LogP contribution in [0.15, 0.2) is 30.3 Å². The van der Waals surface area contributed by atoms with Crippen LogP contribution in [0.2, 0.25) is 0 Å². The summed E-state index contributed by atoms with van der Waals surface area (Å²) >= 11 is 1.91. The second-order valence-electron chi connectivity index (χ2n) is 13.3. The van der Waals surface area contributed by atoms with Gasteiger partial charge in [0.25, 0.3) is 0 Å². The highest BCUT2D eigenvalue weighted by molar-refractivity contribution is 7.99. The van der Waals surface area contributed by atoms with Crippen LogP contribution in [0.5, 0.6) is 0 Å². The molecule has 1 spiro atoms. The Kier molecular flexibility index (Phi) is 7.97. The molecule has 0 aromatic heterocycles. The van der Waals surface area contributed by atoms with Crippen LogP contribution in [-0.4, -0.2) is 112 Å². The van der Waals surface area contributed by atoms with E-state index in [9.17, 15) is 15.0 Å². The number of amides is 1. The van der Waals surface area contributed by atoms with E-state index in [1.54, 1.807) is 0 Å². The molecule has 0 radical (unpaired) electrons. The van der Waals surface area contributed by atoms with E-state index in [-0.39, 0.29) is 17.0 Å². The number of carbonyl (C=O) groups excluding carboxylic acids is 1. The molecular formula is C30H48N4O3S. The fraction of sp³-hybridized carbons (Fsp3) is 0.767. The fourth-order valence-electron chi connectivity index (χ4n) is 7.53. The topological polar surface area (TPSA) is 70.5 Å². The summed E-state index contributed by atoms with van der Waals surface area (Å²) in [7, 11) is 4.37. The van der Waals surface area contributed by atoms with Crippen LogP contribution in [0.3, 0.4) is 0 Å². The van der Waals surface area contributed by atoms with Crippen molar-refractivity contribution in [1.82, 2.24) is 19.6 Å². The molecule has 2 heterocycles. The van der Waals surface area contributed by atoms with Gasteiger partial charge in [-0.1, -0.05) is 30.3 Å². The molecule has 2 saturated carbocycles. The quantitative estimate of drug-likeness (QED) is 0.547. The molecule has 2 saturated heterocycles. The van der Waals surface area contributed by atoms with Crippen molar-refractivity contribution < 1.29 is 15.0 Å². The van der Waals surface area contributed by atoms with Gasteiger partial charge in [0.05, 0.1) is 11.0 Å². The van der Waals surface area contributed by atoms with Gasteiger partial charge in [0.1, 0.15) is 0 Å². The molecule has 212 valence electrons. The minimum atomic E-state index is -0.785. The van der Waals surface area contributed by atoms with Crippen LogP contribution in [0.1, 0.15) is 64.4 Å². The zero-order valence-corrected chi connectivity index (χ0v) is 24.7. The minimum absolute atomic E-state index is 0.0363. The third-order valence-electron chi connectivity index (χ3n) is 10.1. The molecular weight excluding hydrogens is 496 g/mol. The zero-order chi connectivity index (χ0) is 27.2. The van der Waals surface area contributed by atoms with E-state index in [0.717, 1.165) is 76.1 Å². The van der Waals surface area contributed by atoms with Gasteiger partial charge in [-0.05, 0) is 78.5 Å². The van der Waals surface area contributed by atoms with E-state index in [4.69, 9.17) is 0 Å². The Morgan fingerprint density at radius 1 is 1.05 bits per heavy atom. The first-order valence-electron chi connectivity index (χ1n) is 14.5. The monoisotopic (exact) mass is 544 g/mol. The lowest BCUT2D eigenvalue weighted by Crippen LogP contribution is -2.60. The van der Waals surface area contributed by atoms with Crippen molar-refractivity contribution in [1.29, 1.82) is 0 Å². The van der Waals surface area contributed by atoms with Crippen molar-refractivity contribution in [2.24, 2.45) is 5.41 Å². The summed E-state index contributed by atoms with van der Waals surface area (Å²) in [4.78, 5) is 22.2. The molecule has 2 aliphatic heterocycles. The number of aliphatic hydroxyl groups excluding tert-OH is 1. The van der Waals surface area contributed by atoms with Gasteiger partial charge < -0.3 is 15.1 Å². The highest BCUT2D eigenvalue weighted by atomic mass is 32.2. The maximum absolute atomic E-state index is 13.5. The third-order valence-corrected chi connectivity index (χ3v) is 11.1. The highest BCUT2D eigenvalue weighted by Crippen LogP contribution is 2.51. The molecule has 4 fully saturated rings. The molecule has 0 bridgehead atoms. The van der Waals surface area contributed by atoms with Crippen molar-refractivity contribution in [2.75, 3.05) is 58.3 Å². The molecule has 7 nitrogen and oxygen atoms in total. The van der Waals surface area contributed by atoms with Crippen LogP contribution in [-0.2, 0) is 10.3 Å². The van der Waals surface area contributed by atoms with E-state index >= 15 is 0 Å². The Morgan fingerprint density at radius 2 is 1.68 bits per heavy atom. The molecule has 1 aromatic rings. The van der Waals surface area contributed by atoms with Gasteiger partial charge in [0, 0.05) is 55.3 Å². The predicted molar refractivity (Wildman–Crippen MR) is 154 cm³/mol. The summed E-state index contributed by atoms with van der Waals surface area (Å²) in [5.74, 6) is 2.19. The van der Waals surface area contributed by atoms with Crippen LogP contribution < -0.4 is 0 Å². The number of nitrogens with zero attached hydrogens (tertiary/aromatic N) is 4. The van der Waals surface area contributed by atoms with Crippen LogP contribution in [0.4, 0.5) is 0 Å². The van der Waals surface area contributed by atoms with Crippen molar-refractivity contribution in [3.63, 3.8) is 0 Å². The minimum Gasteiger partial charge on any atom is -0.389 e. The van der Waals surface area contributed by atoms with Gasteiger partial charge >= 0.3 is 0 Å². The first-order valence-corrected chi connectivity index (χ1v) is 15.7. The standard InChI is InChI=1S/C30H48N4O3S/c1-27(2,25(35)32-17-19-38-20-18-32)21-33-22-28(34(26(33)36)23-29(37)11-8-12-29)13-15-30(16-14-28,31(3)4)24-9-6-5-7-10-24/h5-7,9-10,26,36-37H,8,11-23H2,1-4H3.